The zero-order valence-electron chi connectivity index (χ0n) is 14.9. The Morgan fingerprint density at radius 1 is 1.27 bits per heavy atom. The van der Waals surface area contributed by atoms with Crippen LogP contribution in [0.15, 0.2) is 24.5 Å². The molecule has 8 heteroatoms. The van der Waals surface area contributed by atoms with E-state index in [9.17, 15) is 4.79 Å². The Kier molecular flexibility index (Phi) is 5.10. The van der Waals surface area contributed by atoms with Crippen molar-refractivity contribution in [1.29, 1.82) is 0 Å². The molecule has 2 fully saturated rings. The van der Waals surface area contributed by atoms with Crippen molar-refractivity contribution >= 4 is 11.7 Å². The Balaban J connectivity index is 1.35. The molecule has 26 heavy (non-hydrogen) atoms. The van der Waals surface area contributed by atoms with Crippen molar-refractivity contribution in [1.82, 2.24) is 30.6 Å². The van der Waals surface area contributed by atoms with Crippen LogP contribution in [0.1, 0.15) is 47.8 Å². The Labute approximate surface area is 153 Å². The fraction of sp³-hybridized carbons (Fsp3) is 0.556. The SMILES string of the molecule is O=C(NCc1ccnc(N2CCCC2)c1)c1cn(C2CCNCC2)nn1. The van der Waals surface area contributed by atoms with Gasteiger partial charge in [0.05, 0.1) is 12.2 Å². The van der Waals surface area contributed by atoms with Gasteiger partial charge in [0.25, 0.3) is 5.91 Å². The molecular formula is C18H25N7O. The Bertz CT molecular complexity index is 748. The summed E-state index contributed by atoms with van der Waals surface area (Å²) in [4.78, 5) is 19.1. The minimum absolute atomic E-state index is 0.190. The minimum atomic E-state index is -0.190. The lowest BCUT2D eigenvalue weighted by molar-refractivity contribution is 0.0946. The minimum Gasteiger partial charge on any atom is -0.357 e. The molecule has 2 N–H and O–H groups in total. The second-order valence-corrected chi connectivity index (χ2v) is 6.96. The number of carbonyl (C=O) groups is 1. The molecule has 0 aromatic carbocycles. The van der Waals surface area contributed by atoms with Gasteiger partial charge in [-0.1, -0.05) is 5.21 Å². The van der Waals surface area contributed by atoms with Crippen molar-refractivity contribution in [2.75, 3.05) is 31.1 Å². The van der Waals surface area contributed by atoms with Crippen molar-refractivity contribution in [2.24, 2.45) is 0 Å². The molecule has 0 saturated carbocycles. The predicted octanol–water partition coefficient (Wildman–Crippen LogP) is 1.13. The van der Waals surface area contributed by atoms with Crippen LogP contribution in [-0.2, 0) is 6.54 Å². The van der Waals surface area contributed by atoms with Gasteiger partial charge in [0.15, 0.2) is 5.69 Å². The molecule has 138 valence electrons. The zero-order chi connectivity index (χ0) is 17.8. The first-order valence-corrected chi connectivity index (χ1v) is 9.40. The van der Waals surface area contributed by atoms with E-state index < -0.39 is 0 Å². The van der Waals surface area contributed by atoms with Gasteiger partial charge >= 0.3 is 0 Å². The van der Waals surface area contributed by atoms with Gasteiger partial charge in [0, 0.05) is 25.8 Å². The van der Waals surface area contributed by atoms with E-state index in [0.29, 0.717) is 18.3 Å². The van der Waals surface area contributed by atoms with Crippen LogP contribution in [-0.4, -0.2) is 52.1 Å². The summed E-state index contributed by atoms with van der Waals surface area (Å²) in [6, 6.07) is 4.32. The van der Waals surface area contributed by atoms with Gasteiger partial charge in [-0.25, -0.2) is 9.67 Å². The van der Waals surface area contributed by atoms with Gasteiger partial charge in [-0.3, -0.25) is 4.79 Å². The number of carbonyl (C=O) groups excluding carboxylic acids is 1. The van der Waals surface area contributed by atoms with Gasteiger partial charge in [0.2, 0.25) is 0 Å². The van der Waals surface area contributed by atoms with Crippen LogP contribution in [0.2, 0.25) is 0 Å². The van der Waals surface area contributed by atoms with Crippen molar-refractivity contribution in [3.63, 3.8) is 0 Å². The van der Waals surface area contributed by atoms with E-state index in [2.05, 4.69) is 36.9 Å². The van der Waals surface area contributed by atoms with Crippen LogP contribution in [0, 0.1) is 0 Å². The van der Waals surface area contributed by atoms with Gasteiger partial charge in [-0.15, -0.1) is 5.10 Å². The summed E-state index contributed by atoms with van der Waals surface area (Å²) in [5.41, 5.74) is 1.42. The average molecular weight is 355 g/mol. The Hall–Kier alpha value is -2.48. The van der Waals surface area contributed by atoms with E-state index in [4.69, 9.17) is 0 Å². The second kappa shape index (κ2) is 7.82. The first kappa shape index (κ1) is 17.0. The quantitative estimate of drug-likeness (QED) is 0.836. The number of amides is 1. The van der Waals surface area contributed by atoms with Gasteiger partial charge in [-0.2, -0.15) is 0 Å². The summed E-state index contributed by atoms with van der Waals surface area (Å²) < 4.78 is 1.83. The first-order chi connectivity index (χ1) is 12.8. The van der Waals surface area contributed by atoms with Crippen LogP contribution in [0.25, 0.3) is 0 Å². The number of anilines is 1. The molecule has 1 amide bonds. The Morgan fingerprint density at radius 3 is 2.88 bits per heavy atom. The molecular weight excluding hydrogens is 330 g/mol. The van der Waals surface area contributed by atoms with E-state index in [1.165, 1.54) is 12.8 Å². The molecule has 0 spiro atoms. The largest absolute Gasteiger partial charge is 0.357 e. The third kappa shape index (κ3) is 3.85. The van der Waals surface area contributed by atoms with E-state index >= 15 is 0 Å². The van der Waals surface area contributed by atoms with Gasteiger partial charge in [-0.05, 0) is 56.5 Å². The Morgan fingerprint density at radius 2 is 2.08 bits per heavy atom. The summed E-state index contributed by atoms with van der Waals surface area (Å²) in [6.07, 6.45) is 8.03. The summed E-state index contributed by atoms with van der Waals surface area (Å²) in [6.45, 7) is 4.54. The molecule has 2 aliphatic rings. The molecule has 2 aromatic heterocycles. The number of hydrogen-bond donors (Lipinski definition) is 2. The van der Waals surface area contributed by atoms with E-state index in [1.807, 2.05) is 16.9 Å². The maximum Gasteiger partial charge on any atom is 0.273 e. The summed E-state index contributed by atoms with van der Waals surface area (Å²) in [7, 11) is 0. The number of rotatable bonds is 5. The van der Waals surface area contributed by atoms with Crippen LogP contribution < -0.4 is 15.5 Å². The molecule has 0 aliphatic carbocycles. The van der Waals surface area contributed by atoms with Crippen molar-refractivity contribution in [3.8, 4) is 0 Å². The van der Waals surface area contributed by atoms with Crippen molar-refractivity contribution in [3.05, 3.63) is 35.8 Å². The van der Waals surface area contributed by atoms with Crippen molar-refractivity contribution in [2.45, 2.75) is 38.3 Å². The number of aromatic nitrogens is 4. The van der Waals surface area contributed by atoms with Crippen LogP contribution >= 0.6 is 0 Å². The number of piperidine rings is 1. The maximum atomic E-state index is 12.4. The highest BCUT2D eigenvalue weighted by Crippen LogP contribution is 2.19. The third-order valence-electron chi connectivity index (χ3n) is 5.12. The number of nitrogens with zero attached hydrogens (tertiary/aromatic N) is 5. The molecule has 2 aliphatic heterocycles. The molecule has 2 aromatic rings. The summed E-state index contributed by atoms with van der Waals surface area (Å²) in [5.74, 6) is 0.802. The molecule has 0 bridgehead atoms. The maximum absolute atomic E-state index is 12.4. The molecule has 0 atom stereocenters. The third-order valence-corrected chi connectivity index (χ3v) is 5.12. The smallest absolute Gasteiger partial charge is 0.273 e. The van der Waals surface area contributed by atoms with Crippen molar-refractivity contribution < 1.29 is 4.79 Å². The van der Waals surface area contributed by atoms with E-state index in [1.54, 1.807) is 6.20 Å². The highest BCUT2D eigenvalue weighted by Gasteiger charge is 2.19. The lowest BCUT2D eigenvalue weighted by atomic mass is 10.1. The lowest BCUT2D eigenvalue weighted by Crippen LogP contribution is -2.29. The summed E-state index contributed by atoms with van der Waals surface area (Å²) >= 11 is 0. The van der Waals surface area contributed by atoms with Crippen LogP contribution in [0.4, 0.5) is 5.82 Å². The molecule has 4 heterocycles. The highest BCUT2D eigenvalue weighted by atomic mass is 16.2. The normalized spacial score (nSPS) is 18.2. The summed E-state index contributed by atoms with van der Waals surface area (Å²) in [5, 5.41) is 14.5. The molecule has 0 radical (unpaired) electrons. The van der Waals surface area contributed by atoms with Crippen LogP contribution in [0.3, 0.4) is 0 Å². The predicted molar refractivity (Wildman–Crippen MR) is 98.0 cm³/mol. The first-order valence-electron chi connectivity index (χ1n) is 9.40. The highest BCUT2D eigenvalue weighted by molar-refractivity contribution is 5.91. The topological polar surface area (TPSA) is 88.0 Å². The molecule has 8 nitrogen and oxygen atoms in total. The average Bonchev–Trinajstić information content (AvgIpc) is 3.39. The second-order valence-electron chi connectivity index (χ2n) is 6.96. The fourth-order valence-electron chi connectivity index (χ4n) is 3.59. The van der Waals surface area contributed by atoms with Gasteiger partial charge < -0.3 is 15.5 Å². The molecule has 0 unspecified atom stereocenters. The molecule has 4 rings (SSSR count). The number of pyridine rings is 1. The fourth-order valence-corrected chi connectivity index (χ4v) is 3.59. The van der Waals surface area contributed by atoms with Crippen LogP contribution in [0.5, 0.6) is 0 Å². The van der Waals surface area contributed by atoms with E-state index in [-0.39, 0.29) is 5.91 Å². The monoisotopic (exact) mass is 355 g/mol. The zero-order valence-corrected chi connectivity index (χ0v) is 14.9. The number of hydrogen-bond acceptors (Lipinski definition) is 6. The van der Waals surface area contributed by atoms with E-state index in [0.717, 1.165) is 50.4 Å². The molecule has 2 saturated heterocycles. The number of nitrogens with one attached hydrogen (secondary N) is 2. The van der Waals surface area contributed by atoms with Gasteiger partial charge in [0.1, 0.15) is 5.82 Å². The lowest BCUT2D eigenvalue weighted by Gasteiger charge is -2.22. The standard InChI is InChI=1S/C18H25N7O/c26-18(16-13-25(23-22-16)15-4-6-19-7-5-15)21-12-14-3-8-20-17(11-14)24-9-1-2-10-24/h3,8,11,13,15,19H,1-2,4-7,9-10,12H2,(H,21,26).